The molecule has 0 N–H and O–H groups in total. The molecule has 0 amide bonds. The molecule has 32 heavy (non-hydrogen) atoms. The van der Waals surface area contributed by atoms with Crippen LogP contribution in [0.15, 0.2) is 29.1 Å². The normalized spacial score (nSPS) is 20.0. The van der Waals surface area contributed by atoms with Gasteiger partial charge in [0.1, 0.15) is 17.5 Å². The van der Waals surface area contributed by atoms with Gasteiger partial charge in [0.25, 0.3) is 5.56 Å². The van der Waals surface area contributed by atoms with Crippen molar-refractivity contribution in [3.05, 3.63) is 51.3 Å². The van der Waals surface area contributed by atoms with Gasteiger partial charge < -0.3 is 9.80 Å². The lowest BCUT2D eigenvalue weighted by molar-refractivity contribution is 0.0754. The van der Waals surface area contributed by atoms with Gasteiger partial charge in [0.05, 0.1) is 16.6 Å². The topological polar surface area (TPSA) is 54.3 Å². The number of likely N-dealkylation sites (tertiary alicyclic amines) is 1. The second kappa shape index (κ2) is 8.12. The highest BCUT2D eigenvalue weighted by Gasteiger charge is 2.34. The average molecular weight is 456 g/mol. The number of pyridine rings is 1. The Balaban J connectivity index is 1.64. The summed E-state index contributed by atoms with van der Waals surface area (Å²) in [6.45, 7) is 5.89. The number of fused-ring (bicyclic) bond motifs is 1. The Morgan fingerprint density at radius 2 is 1.88 bits per heavy atom. The van der Waals surface area contributed by atoms with E-state index in [0.717, 1.165) is 38.4 Å². The molecule has 2 saturated heterocycles. The second-order valence-electron chi connectivity index (χ2n) is 9.20. The molecule has 6 nitrogen and oxygen atoms in total. The maximum Gasteiger partial charge on any atom is 0.263 e. The SMILES string of the molecule is Cc1nc2cc(N3CCC[C@H](C4CN(C)C4)C3)nc(-c3ccc(Cl)cc3F)c2c(=O)n1C. The molecule has 4 heterocycles. The Hall–Kier alpha value is -2.51. The first-order valence-corrected chi connectivity index (χ1v) is 11.5. The van der Waals surface area contributed by atoms with Crippen molar-refractivity contribution in [1.82, 2.24) is 19.4 Å². The van der Waals surface area contributed by atoms with Crippen LogP contribution in [0.2, 0.25) is 5.02 Å². The number of hydrogen-bond acceptors (Lipinski definition) is 5. The number of nitrogens with zero attached hydrogens (tertiary/aromatic N) is 5. The monoisotopic (exact) mass is 455 g/mol. The highest BCUT2D eigenvalue weighted by atomic mass is 35.5. The molecule has 3 aromatic rings. The van der Waals surface area contributed by atoms with Crippen molar-refractivity contribution in [2.45, 2.75) is 19.8 Å². The van der Waals surface area contributed by atoms with Crippen LogP contribution >= 0.6 is 11.6 Å². The van der Waals surface area contributed by atoms with Crippen molar-refractivity contribution in [2.75, 3.05) is 38.1 Å². The third-order valence-electron chi connectivity index (χ3n) is 7.00. The van der Waals surface area contributed by atoms with Gasteiger partial charge in [0, 0.05) is 49.9 Å². The van der Waals surface area contributed by atoms with Crippen LogP contribution < -0.4 is 10.5 Å². The first-order valence-electron chi connectivity index (χ1n) is 11.1. The molecular weight excluding hydrogens is 429 g/mol. The standard InChI is InChI=1S/C24H27ClFN5O/c1-14-27-20-10-21(31-8-4-5-15(13-31)16-11-29(2)12-16)28-23(22(20)24(32)30(14)3)18-7-6-17(25)9-19(18)26/h6-7,9-10,15-16H,4-5,8,11-13H2,1-3H3/t15-/m0/s1. The quantitative estimate of drug-likeness (QED) is 0.600. The van der Waals surface area contributed by atoms with Crippen LogP contribution in [0.3, 0.4) is 0 Å². The molecule has 2 aliphatic rings. The largest absolute Gasteiger partial charge is 0.356 e. The highest BCUT2D eigenvalue weighted by Crippen LogP contribution is 2.35. The summed E-state index contributed by atoms with van der Waals surface area (Å²) in [6, 6.07) is 6.35. The molecule has 2 aromatic heterocycles. The van der Waals surface area contributed by atoms with Crippen molar-refractivity contribution >= 4 is 28.3 Å². The third kappa shape index (κ3) is 3.67. The maximum absolute atomic E-state index is 14.9. The lowest BCUT2D eigenvalue weighted by Crippen LogP contribution is -2.51. The van der Waals surface area contributed by atoms with Crippen LogP contribution in [0.4, 0.5) is 10.2 Å². The van der Waals surface area contributed by atoms with E-state index >= 15 is 0 Å². The molecule has 2 aliphatic heterocycles. The van der Waals surface area contributed by atoms with Gasteiger partial charge in [-0.2, -0.15) is 0 Å². The molecule has 0 unspecified atom stereocenters. The molecule has 8 heteroatoms. The van der Waals surface area contributed by atoms with Gasteiger partial charge in [-0.05, 0) is 56.8 Å². The third-order valence-corrected chi connectivity index (χ3v) is 7.23. The van der Waals surface area contributed by atoms with E-state index in [-0.39, 0.29) is 11.1 Å². The van der Waals surface area contributed by atoms with E-state index in [1.54, 1.807) is 26.1 Å². The number of benzene rings is 1. The number of halogens is 2. The predicted octanol–water partition coefficient (Wildman–Crippen LogP) is 3.87. The van der Waals surface area contributed by atoms with Crippen LogP contribution in [0.5, 0.6) is 0 Å². The van der Waals surface area contributed by atoms with E-state index in [2.05, 4.69) is 21.8 Å². The van der Waals surface area contributed by atoms with E-state index in [1.807, 2.05) is 6.07 Å². The zero-order valence-corrected chi connectivity index (χ0v) is 19.4. The Kier molecular flexibility index (Phi) is 5.42. The zero-order valence-electron chi connectivity index (χ0n) is 18.6. The van der Waals surface area contributed by atoms with Crippen LogP contribution in [0.25, 0.3) is 22.2 Å². The van der Waals surface area contributed by atoms with Crippen molar-refractivity contribution in [2.24, 2.45) is 18.9 Å². The lowest BCUT2D eigenvalue weighted by atomic mass is 9.81. The van der Waals surface area contributed by atoms with E-state index in [0.29, 0.717) is 39.3 Å². The van der Waals surface area contributed by atoms with Crippen LogP contribution in [-0.4, -0.2) is 52.7 Å². The number of hydrogen-bond donors (Lipinski definition) is 0. The molecule has 0 spiro atoms. The van der Waals surface area contributed by atoms with Gasteiger partial charge in [-0.25, -0.2) is 14.4 Å². The van der Waals surface area contributed by atoms with Gasteiger partial charge in [0.15, 0.2) is 0 Å². The maximum atomic E-state index is 14.9. The number of piperidine rings is 1. The minimum atomic E-state index is -0.500. The summed E-state index contributed by atoms with van der Waals surface area (Å²) in [7, 11) is 3.83. The molecule has 0 radical (unpaired) electrons. The first kappa shape index (κ1) is 21.3. The Morgan fingerprint density at radius 1 is 1.09 bits per heavy atom. The fourth-order valence-corrected chi connectivity index (χ4v) is 5.23. The van der Waals surface area contributed by atoms with E-state index in [4.69, 9.17) is 16.6 Å². The molecule has 0 bridgehead atoms. The number of rotatable bonds is 3. The molecule has 5 rings (SSSR count). The van der Waals surface area contributed by atoms with Gasteiger partial charge in [-0.1, -0.05) is 11.6 Å². The van der Waals surface area contributed by atoms with E-state index in [9.17, 15) is 9.18 Å². The van der Waals surface area contributed by atoms with Gasteiger partial charge in [-0.3, -0.25) is 9.36 Å². The first-order chi connectivity index (χ1) is 15.3. The summed E-state index contributed by atoms with van der Waals surface area (Å²) >= 11 is 5.98. The van der Waals surface area contributed by atoms with Crippen molar-refractivity contribution in [3.63, 3.8) is 0 Å². The molecule has 1 aromatic carbocycles. The summed E-state index contributed by atoms with van der Waals surface area (Å²) in [5.74, 6) is 2.19. The van der Waals surface area contributed by atoms with Crippen molar-refractivity contribution < 1.29 is 4.39 Å². The molecule has 0 aliphatic carbocycles. The molecule has 2 fully saturated rings. The van der Waals surface area contributed by atoms with E-state index in [1.165, 1.54) is 17.1 Å². The smallest absolute Gasteiger partial charge is 0.263 e. The van der Waals surface area contributed by atoms with Gasteiger partial charge in [0.2, 0.25) is 0 Å². The number of aryl methyl sites for hydroxylation is 1. The second-order valence-corrected chi connectivity index (χ2v) is 9.64. The molecular formula is C24H27ClFN5O. The lowest BCUT2D eigenvalue weighted by Gasteiger charge is -2.45. The summed E-state index contributed by atoms with van der Waals surface area (Å²) in [4.78, 5) is 27.3. The fraction of sp³-hybridized carbons (Fsp3) is 0.458. The van der Waals surface area contributed by atoms with Crippen LogP contribution in [0, 0.1) is 24.6 Å². The highest BCUT2D eigenvalue weighted by molar-refractivity contribution is 6.30. The average Bonchev–Trinajstić information content (AvgIpc) is 2.75. The minimum Gasteiger partial charge on any atom is -0.356 e. The van der Waals surface area contributed by atoms with Crippen molar-refractivity contribution in [1.29, 1.82) is 0 Å². The molecule has 1 atom stereocenters. The zero-order chi connectivity index (χ0) is 22.6. The van der Waals surface area contributed by atoms with E-state index < -0.39 is 5.82 Å². The molecule has 0 saturated carbocycles. The minimum absolute atomic E-state index is 0.232. The van der Waals surface area contributed by atoms with Gasteiger partial charge in [-0.15, -0.1) is 0 Å². The predicted molar refractivity (Wildman–Crippen MR) is 126 cm³/mol. The number of aromatic nitrogens is 3. The number of anilines is 1. The van der Waals surface area contributed by atoms with Gasteiger partial charge >= 0.3 is 0 Å². The van der Waals surface area contributed by atoms with Crippen LogP contribution in [-0.2, 0) is 7.05 Å². The summed E-state index contributed by atoms with van der Waals surface area (Å²) in [5.41, 5.74) is 0.902. The molecule has 168 valence electrons. The summed E-state index contributed by atoms with van der Waals surface area (Å²) in [5, 5.41) is 0.634. The van der Waals surface area contributed by atoms with Crippen molar-refractivity contribution in [3.8, 4) is 11.3 Å². The van der Waals surface area contributed by atoms with Crippen LogP contribution in [0.1, 0.15) is 18.7 Å². The Morgan fingerprint density at radius 3 is 2.59 bits per heavy atom. The Bertz CT molecular complexity index is 1250. The summed E-state index contributed by atoms with van der Waals surface area (Å²) in [6.07, 6.45) is 2.32. The fourth-order valence-electron chi connectivity index (χ4n) is 5.07. The Labute approximate surface area is 191 Å². The summed E-state index contributed by atoms with van der Waals surface area (Å²) < 4.78 is 16.4.